The number of esters is 1. The third-order valence-electron chi connectivity index (χ3n) is 3.77. The quantitative estimate of drug-likeness (QED) is 0.539. The molecule has 2 aromatic carbocycles. The lowest BCUT2D eigenvalue weighted by Gasteiger charge is -2.00. The van der Waals surface area contributed by atoms with Gasteiger partial charge in [0.15, 0.2) is 10.9 Å². The first kappa shape index (κ1) is 16.3. The minimum Gasteiger partial charge on any atom is -0.462 e. The van der Waals surface area contributed by atoms with Crippen LogP contribution in [0.25, 0.3) is 21.2 Å². The molecule has 130 valence electrons. The predicted molar refractivity (Wildman–Crippen MR) is 99.7 cm³/mol. The molecule has 0 aliphatic heterocycles. The van der Waals surface area contributed by atoms with Gasteiger partial charge in [-0.2, -0.15) is 0 Å². The van der Waals surface area contributed by atoms with Gasteiger partial charge in [-0.05, 0) is 37.3 Å². The summed E-state index contributed by atoms with van der Waals surface area (Å²) in [6.45, 7) is 2.08. The number of benzene rings is 2. The first-order chi connectivity index (χ1) is 12.6. The topological polar surface area (TPSA) is 81.4 Å². The number of ether oxygens (including phenoxy) is 1. The number of hydrogen-bond acceptors (Lipinski definition) is 6. The summed E-state index contributed by atoms with van der Waals surface area (Å²) in [5, 5.41) is 4.04. The van der Waals surface area contributed by atoms with Crippen molar-refractivity contribution in [2.75, 3.05) is 11.9 Å². The van der Waals surface area contributed by atoms with Crippen molar-refractivity contribution in [2.24, 2.45) is 0 Å². The summed E-state index contributed by atoms with van der Waals surface area (Å²) < 4.78 is 11.3. The molecule has 1 N–H and O–H groups in total. The van der Waals surface area contributed by atoms with Crippen molar-refractivity contribution in [1.82, 2.24) is 4.98 Å². The number of para-hydroxylation sites is 1. The monoisotopic (exact) mass is 366 g/mol. The average molecular weight is 366 g/mol. The molecule has 0 fully saturated rings. The zero-order valence-electron chi connectivity index (χ0n) is 13.8. The zero-order valence-corrected chi connectivity index (χ0v) is 14.6. The summed E-state index contributed by atoms with van der Waals surface area (Å²) in [5.41, 5.74) is 1.81. The van der Waals surface area contributed by atoms with Gasteiger partial charge in [-0.25, -0.2) is 9.78 Å². The highest BCUT2D eigenvalue weighted by Crippen LogP contribution is 2.28. The highest BCUT2D eigenvalue weighted by molar-refractivity contribution is 7.22. The van der Waals surface area contributed by atoms with Gasteiger partial charge in [-0.1, -0.05) is 29.5 Å². The van der Waals surface area contributed by atoms with Crippen molar-refractivity contribution in [3.8, 4) is 0 Å². The van der Waals surface area contributed by atoms with E-state index in [1.165, 1.54) is 11.3 Å². The number of rotatable bonds is 4. The maximum absolute atomic E-state index is 12.4. The van der Waals surface area contributed by atoms with Gasteiger partial charge in [0.25, 0.3) is 5.91 Å². The number of carbonyl (C=O) groups excluding carboxylic acids is 2. The molecule has 0 spiro atoms. The third-order valence-corrected chi connectivity index (χ3v) is 4.70. The molecule has 4 rings (SSSR count). The molecule has 7 heteroatoms. The SMILES string of the molecule is CCOC(=O)c1ccc2nc(NC(=O)c3cc4ccccc4o3)sc2c1. The Morgan fingerprint density at radius 2 is 2.04 bits per heavy atom. The molecule has 4 aromatic rings. The Kier molecular flexibility index (Phi) is 4.14. The number of nitrogens with one attached hydrogen (secondary N) is 1. The van der Waals surface area contributed by atoms with Crippen LogP contribution < -0.4 is 5.32 Å². The van der Waals surface area contributed by atoms with Gasteiger partial charge in [0, 0.05) is 5.39 Å². The van der Waals surface area contributed by atoms with Crippen LogP contribution in [0.3, 0.4) is 0 Å². The lowest BCUT2D eigenvalue weighted by molar-refractivity contribution is 0.0526. The summed E-state index contributed by atoms with van der Waals surface area (Å²) in [7, 11) is 0. The Morgan fingerprint density at radius 1 is 1.19 bits per heavy atom. The van der Waals surface area contributed by atoms with Crippen molar-refractivity contribution in [3.05, 3.63) is 59.9 Å². The summed E-state index contributed by atoms with van der Waals surface area (Å²) in [5.74, 6) is -0.529. The van der Waals surface area contributed by atoms with Gasteiger partial charge in [-0.3, -0.25) is 10.1 Å². The molecule has 0 saturated carbocycles. The second-order valence-electron chi connectivity index (χ2n) is 5.52. The second kappa shape index (κ2) is 6.61. The Bertz CT molecular complexity index is 1100. The third kappa shape index (κ3) is 3.04. The maximum atomic E-state index is 12.4. The fourth-order valence-corrected chi connectivity index (χ4v) is 3.47. The second-order valence-corrected chi connectivity index (χ2v) is 6.56. The van der Waals surface area contributed by atoms with Crippen LogP contribution in [0, 0.1) is 0 Å². The number of aromatic nitrogens is 1. The number of carbonyl (C=O) groups is 2. The molecule has 1 amide bonds. The van der Waals surface area contributed by atoms with Crippen molar-refractivity contribution in [1.29, 1.82) is 0 Å². The van der Waals surface area contributed by atoms with Crippen molar-refractivity contribution in [2.45, 2.75) is 6.92 Å². The van der Waals surface area contributed by atoms with Gasteiger partial charge in [0.1, 0.15) is 5.58 Å². The van der Waals surface area contributed by atoms with E-state index in [2.05, 4.69) is 10.3 Å². The molecule has 6 nitrogen and oxygen atoms in total. The maximum Gasteiger partial charge on any atom is 0.338 e. The molecule has 26 heavy (non-hydrogen) atoms. The Hall–Kier alpha value is -3.19. The Balaban J connectivity index is 1.58. The molecule has 2 heterocycles. The van der Waals surface area contributed by atoms with Crippen molar-refractivity contribution < 1.29 is 18.7 Å². The van der Waals surface area contributed by atoms with E-state index in [1.54, 1.807) is 37.3 Å². The van der Waals surface area contributed by atoms with Gasteiger partial charge < -0.3 is 9.15 Å². The number of anilines is 1. The van der Waals surface area contributed by atoms with E-state index in [0.29, 0.717) is 28.4 Å². The van der Waals surface area contributed by atoms with Crippen LogP contribution in [0.15, 0.2) is 52.9 Å². The minimum atomic E-state index is -0.379. The van der Waals surface area contributed by atoms with Crippen LogP contribution in [0.5, 0.6) is 0 Å². The van der Waals surface area contributed by atoms with Gasteiger partial charge in [-0.15, -0.1) is 0 Å². The van der Waals surface area contributed by atoms with Crippen LogP contribution in [0.1, 0.15) is 27.8 Å². The Labute approximate surface area is 152 Å². The lowest BCUT2D eigenvalue weighted by atomic mass is 10.2. The van der Waals surface area contributed by atoms with E-state index in [1.807, 2.05) is 18.2 Å². The van der Waals surface area contributed by atoms with E-state index < -0.39 is 0 Å². The van der Waals surface area contributed by atoms with Gasteiger partial charge in [0.05, 0.1) is 22.4 Å². The number of furan rings is 1. The molecule has 0 saturated heterocycles. The van der Waals surface area contributed by atoms with Gasteiger partial charge >= 0.3 is 5.97 Å². The van der Waals surface area contributed by atoms with E-state index >= 15 is 0 Å². The fourth-order valence-electron chi connectivity index (χ4n) is 2.57. The Morgan fingerprint density at radius 3 is 2.85 bits per heavy atom. The van der Waals surface area contributed by atoms with Crippen LogP contribution >= 0.6 is 11.3 Å². The highest BCUT2D eigenvalue weighted by atomic mass is 32.1. The number of nitrogens with zero attached hydrogens (tertiary/aromatic N) is 1. The van der Waals surface area contributed by atoms with E-state index in [-0.39, 0.29) is 17.6 Å². The summed E-state index contributed by atoms with van der Waals surface area (Å²) in [4.78, 5) is 28.6. The van der Waals surface area contributed by atoms with E-state index in [4.69, 9.17) is 9.15 Å². The molecule has 0 bridgehead atoms. The van der Waals surface area contributed by atoms with E-state index in [0.717, 1.165) is 10.1 Å². The summed E-state index contributed by atoms with van der Waals surface area (Å²) in [6.07, 6.45) is 0. The van der Waals surface area contributed by atoms with Crippen LogP contribution in [-0.4, -0.2) is 23.5 Å². The van der Waals surface area contributed by atoms with E-state index in [9.17, 15) is 9.59 Å². The van der Waals surface area contributed by atoms with Crippen LogP contribution in [-0.2, 0) is 4.74 Å². The molecule has 0 aliphatic carbocycles. The van der Waals surface area contributed by atoms with Crippen LogP contribution in [0.4, 0.5) is 5.13 Å². The number of thiazole rings is 1. The minimum absolute atomic E-state index is 0.220. The fraction of sp³-hybridized carbons (Fsp3) is 0.105. The smallest absolute Gasteiger partial charge is 0.338 e. The highest BCUT2D eigenvalue weighted by Gasteiger charge is 2.15. The lowest BCUT2D eigenvalue weighted by Crippen LogP contribution is -2.10. The number of hydrogen-bond donors (Lipinski definition) is 1. The summed E-state index contributed by atoms with van der Waals surface area (Å²) >= 11 is 1.28. The first-order valence-electron chi connectivity index (χ1n) is 8.01. The molecule has 2 aromatic heterocycles. The normalized spacial score (nSPS) is 11.0. The molecule has 0 unspecified atom stereocenters. The standard InChI is InChI=1S/C19H14N2O4S/c1-2-24-18(23)12-7-8-13-16(10-12)26-19(20-13)21-17(22)15-9-11-5-3-4-6-14(11)25-15/h3-10H,2H2,1H3,(H,20,21,22). The molecule has 0 aliphatic rings. The van der Waals surface area contributed by atoms with Crippen molar-refractivity contribution in [3.63, 3.8) is 0 Å². The number of amides is 1. The molecule has 0 atom stereocenters. The largest absolute Gasteiger partial charge is 0.462 e. The summed E-state index contributed by atoms with van der Waals surface area (Å²) in [6, 6.07) is 14.2. The zero-order chi connectivity index (χ0) is 18.1. The number of fused-ring (bicyclic) bond motifs is 2. The molecular weight excluding hydrogens is 352 g/mol. The van der Waals surface area contributed by atoms with Crippen molar-refractivity contribution >= 4 is 49.5 Å². The van der Waals surface area contributed by atoms with Crippen LogP contribution in [0.2, 0.25) is 0 Å². The predicted octanol–water partition coefficient (Wildman–Crippen LogP) is 4.47. The van der Waals surface area contributed by atoms with Gasteiger partial charge in [0.2, 0.25) is 0 Å². The molecular formula is C19H14N2O4S. The average Bonchev–Trinajstić information content (AvgIpc) is 3.24. The molecule has 0 radical (unpaired) electrons. The first-order valence-corrected chi connectivity index (χ1v) is 8.83.